The maximum atomic E-state index is 9.40. The molecule has 2 N–H and O–H groups in total. The molecule has 0 aromatic heterocycles. The Kier molecular flexibility index (Phi) is 6.07. The fourth-order valence-electron chi connectivity index (χ4n) is 3.20. The van der Waals surface area contributed by atoms with E-state index in [-0.39, 0.29) is 6.61 Å². The van der Waals surface area contributed by atoms with Gasteiger partial charge in [-0.1, -0.05) is 13.8 Å². The molecule has 2 atom stereocenters. The second kappa shape index (κ2) is 7.58. The molecule has 1 heterocycles. The van der Waals surface area contributed by atoms with Gasteiger partial charge in [0.25, 0.3) is 0 Å². The molecular formula is C15H31N3O. The number of nitrogens with zero attached hydrogens (tertiary/aromatic N) is 2. The van der Waals surface area contributed by atoms with Crippen LogP contribution in [-0.4, -0.2) is 72.4 Å². The molecule has 0 radical (unpaired) electrons. The van der Waals surface area contributed by atoms with E-state index in [4.69, 9.17) is 0 Å². The van der Waals surface area contributed by atoms with E-state index in [1.807, 2.05) is 0 Å². The van der Waals surface area contributed by atoms with Crippen LogP contribution >= 0.6 is 0 Å². The van der Waals surface area contributed by atoms with Crippen LogP contribution in [0.5, 0.6) is 0 Å². The summed E-state index contributed by atoms with van der Waals surface area (Å²) in [5.74, 6) is 0. The van der Waals surface area contributed by atoms with Gasteiger partial charge < -0.3 is 15.3 Å². The largest absolute Gasteiger partial charge is 0.395 e. The SMILES string of the molecule is CCN(CC)C1CCN(CCC(CO)NC2CC2)C1. The molecular weight excluding hydrogens is 238 g/mol. The van der Waals surface area contributed by atoms with Gasteiger partial charge in [0.05, 0.1) is 6.61 Å². The standard InChI is InChI=1S/C15H31N3O/c1-3-18(4-2)15-8-10-17(11-15)9-7-14(12-19)16-13-5-6-13/h13-16,19H,3-12H2,1-2H3. The molecule has 1 aliphatic carbocycles. The number of nitrogens with one attached hydrogen (secondary N) is 1. The lowest BCUT2D eigenvalue weighted by Gasteiger charge is -2.26. The molecule has 4 nitrogen and oxygen atoms in total. The first-order valence-corrected chi connectivity index (χ1v) is 8.10. The third kappa shape index (κ3) is 4.71. The van der Waals surface area contributed by atoms with Crippen LogP contribution in [0.15, 0.2) is 0 Å². The van der Waals surface area contributed by atoms with Crippen LogP contribution in [-0.2, 0) is 0 Å². The predicted molar refractivity (Wildman–Crippen MR) is 79.4 cm³/mol. The topological polar surface area (TPSA) is 38.7 Å². The highest BCUT2D eigenvalue weighted by molar-refractivity contribution is 4.87. The van der Waals surface area contributed by atoms with Gasteiger partial charge in [0, 0.05) is 24.7 Å². The Morgan fingerprint density at radius 2 is 2.00 bits per heavy atom. The van der Waals surface area contributed by atoms with Gasteiger partial charge >= 0.3 is 0 Å². The second-order valence-electron chi connectivity index (χ2n) is 6.07. The van der Waals surface area contributed by atoms with E-state index in [1.165, 1.54) is 32.4 Å². The third-order valence-electron chi connectivity index (χ3n) is 4.64. The minimum atomic E-state index is 0.282. The van der Waals surface area contributed by atoms with Crippen molar-refractivity contribution in [2.24, 2.45) is 0 Å². The van der Waals surface area contributed by atoms with Crippen molar-refractivity contribution >= 4 is 0 Å². The molecule has 0 aromatic carbocycles. The molecule has 0 aromatic rings. The number of likely N-dealkylation sites (tertiary alicyclic amines) is 1. The van der Waals surface area contributed by atoms with Crippen molar-refractivity contribution in [3.63, 3.8) is 0 Å². The number of hydrogen-bond acceptors (Lipinski definition) is 4. The lowest BCUT2D eigenvalue weighted by atomic mass is 10.2. The number of hydrogen-bond donors (Lipinski definition) is 2. The minimum absolute atomic E-state index is 0.282. The summed E-state index contributed by atoms with van der Waals surface area (Å²) in [6.45, 7) is 10.7. The Labute approximate surface area is 118 Å². The molecule has 0 bridgehead atoms. The highest BCUT2D eigenvalue weighted by atomic mass is 16.3. The van der Waals surface area contributed by atoms with Crippen molar-refractivity contribution in [2.75, 3.05) is 39.3 Å². The lowest BCUT2D eigenvalue weighted by Crippen LogP contribution is -2.39. The van der Waals surface area contributed by atoms with E-state index in [0.717, 1.165) is 32.1 Å². The van der Waals surface area contributed by atoms with Crippen molar-refractivity contribution in [2.45, 2.75) is 57.7 Å². The Morgan fingerprint density at radius 1 is 1.26 bits per heavy atom. The Morgan fingerprint density at radius 3 is 2.58 bits per heavy atom. The van der Waals surface area contributed by atoms with Gasteiger partial charge in [0.1, 0.15) is 0 Å². The van der Waals surface area contributed by atoms with Crippen LogP contribution in [0.25, 0.3) is 0 Å². The molecule has 2 unspecified atom stereocenters. The minimum Gasteiger partial charge on any atom is -0.395 e. The van der Waals surface area contributed by atoms with Crippen molar-refractivity contribution < 1.29 is 5.11 Å². The van der Waals surface area contributed by atoms with Gasteiger partial charge in [0.2, 0.25) is 0 Å². The third-order valence-corrected chi connectivity index (χ3v) is 4.64. The summed E-state index contributed by atoms with van der Waals surface area (Å²) < 4.78 is 0. The smallest absolute Gasteiger partial charge is 0.0585 e. The van der Waals surface area contributed by atoms with E-state index in [1.54, 1.807) is 0 Å². The average Bonchev–Trinajstić information content (AvgIpc) is 3.13. The zero-order chi connectivity index (χ0) is 13.7. The fraction of sp³-hybridized carbons (Fsp3) is 1.00. The van der Waals surface area contributed by atoms with E-state index in [0.29, 0.717) is 12.1 Å². The summed E-state index contributed by atoms with van der Waals surface area (Å²) in [6.07, 6.45) is 4.98. The summed E-state index contributed by atoms with van der Waals surface area (Å²) in [4.78, 5) is 5.15. The zero-order valence-electron chi connectivity index (χ0n) is 12.6. The summed E-state index contributed by atoms with van der Waals surface area (Å²) >= 11 is 0. The van der Waals surface area contributed by atoms with Gasteiger partial charge in [-0.3, -0.25) is 4.90 Å². The molecule has 0 spiro atoms. The fourth-order valence-corrected chi connectivity index (χ4v) is 3.20. The summed E-state index contributed by atoms with van der Waals surface area (Å²) in [6, 6.07) is 1.75. The van der Waals surface area contributed by atoms with Crippen molar-refractivity contribution in [3.05, 3.63) is 0 Å². The van der Waals surface area contributed by atoms with Crippen molar-refractivity contribution in [1.29, 1.82) is 0 Å². The van der Waals surface area contributed by atoms with Crippen LogP contribution in [0.1, 0.15) is 39.5 Å². The summed E-state index contributed by atoms with van der Waals surface area (Å²) in [5.41, 5.74) is 0. The number of rotatable bonds is 9. The second-order valence-corrected chi connectivity index (χ2v) is 6.07. The zero-order valence-corrected chi connectivity index (χ0v) is 12.6. The lowest BCUT2D eigenvalue weighted by molar-refractivity contribution is 0.196. The van der Waals surface area contributed by atoms with Gasteiger partial charge in [-0.05, 0) is 51.9 Å². The highest BCUT2D eigenvalue weighted by Gasteiger charge is 2.27. The number of likely N-dealkylation sites (N-methyl/N-ethyl adjacent to an activating group) is 1. The number of aliphatic hydroxyl groups is 1. The maximum Gasteiger partial charge on any atom is 0.0585 e. The van der Waals surface area contributed by atoms with Crippen LogP contribution in [0.2, 0.25) is 0 Å². The summed E-state index contributed by atoms with van der Waals surface area (Å²) in [5, 5.41) is 12.9. The monoisotopic (exact) mass is 269 g/mol. The quantitative estimate of drug-likeness (QED) is 0.652. The van der Waals surface area contributed by atoms with E-state index < -0.39 is 0 Å². The molecule has 2 aliphatic rings. The molecule has 1 aliphatic heterocycles. The first-order valence-electron chi connectivity index (χ1n) is 8.10. The average molecular weight is 269 g/mol. The van der Waals surface area contributed by atoms with Crippen molar-refractivity contribution in [1.82, 2.24) is 15.1 Å². The molecule has 2 rings (SSSR count). The molecule has 19 heavy (non-hydrogen) atoms. The molecule has 2 fully saturated rings. The number of aliphatic hydroxyl groups excluding tert-OH is 1. The molecule has 1 saturated heterocycles. The van der Waals surface area contributed by atoms with Crippen LogP contribution in [0, 0.1) is 0 Å². The van der Waals surface area contributed by atoms with E-state index in [9.17, 15) is 5.11 Å². The summed E-state index contributed by atoms with van der Waals surface area (Å²) in [7, 11) is 0. The van der Waals surface area contributed by atoms with Crippen molar-refractivity contribution in [3.8, 4) is 0 Å². The Hall–Kier alpha value is -0.160. The van der Waals surface area contributed by atoms with E-state index in [2.05, 4.69) is 29.0 Å². The molecule has 1 saturated carbocycles. The van der Waals surface area contributed by atoms with Gasteiger partial charge in [0.15, 0.2) is 0 Å². The predicted octanol–water partition coefficient (Wildman–Crippen LogP) is 0.906. The molecule has 4 heteroatoms. The van der Waals surface area contributed by atoms with Gasteiger partial charge in [-0.15, -0.1) is 0 Å². The molecule has 112 valence electrons. The van der Waals surface area contributed by atoms with Crippen LogP contribution in [0.3, 0.4) is 0 Å². The first kappa shape index (κ1) is 15.2. The highest BCUT2D eigenvalue weighted by Crippen LogP contribution is 2.20. The maximum absolute atomic E-state index is 9.40. The van der Waals surface area contributed by atoms with Gasteiger partial charge in [-0.2, -0.15) is 0 Å². The van der Waals surface area contributed by atoms with Crippen LogP contribution < -0.4 is 5.32 Å². The van der Waals surface area contributed by atoms with E-state index >= 15 is 0 Å². The Balaban J connectivity index is 1.66. The van der Waals surface area contributed by atoms with Gasteiger partial charge in [-0.25, -0.2) is 0 Å². The molecule has 0 amide bonds. The Bertz CT molecular complexity index is 254. The van der Waals surface area contributed by atoms with Crippen LogP contribution in [0.4, 0.5) is 0 Å². The first-order chi connectivity index (χ1) is 9.26. The normalized spacial score (nSPS) is 26.2.